The average Bonchev–Trinajstić information content (AvgIpc) is 2.86. The smallest absolute Gasteiger partial charge is 0.338 e. The van der Waals surface area contributed by atoms with Gasteiger partial charge in [-0.3, -0.25) is 14.9 Å². The molecule has 10 heteroatoms. The number of barbiturate groups is 1. The lowest BCUT2D eigenvalue weighted by molar-refractivity contribution is -0.122. The van der Waals surface area contributed by atoms with Gasteiger partial charge >= 0.3 is 12.0 Å². The first-order valence-electron chi connectivity index (χ1n) is 11.1. The Hall–Kier alpha value is -3.95. The van der Waals surface area contributed by atoms with Gasteiger partial charge in [0, 0.05) is 5.02 Å². The second-order valence-corrected chi connectivity index (χ2v) is 9.12. The van der Waals surface area contributed by atoms with Crippen LogP contribution in [-0.4, -0.2) is 30.4 Å². The third-order valence-corrected chi connectivity index (χ3v) is 6.14. The largest absolute Gasteiger partial charge is 0.488 e. The van der Waals surface area contributed by atoms with E-state index in [1.54, 1.807) is 37.3 Å². The Morgan fingerprint density at radius 2 is 1.81 bits per heavy atom. The lowest BCUT2D eigenvalue weighted by Crippen LogP contribution is -2.54. The molecule has 188 valence electrons. The minimum absolute atomic E-state index is 0.194. The van der Waals surface area contributed by atoms with E-state index in [1.165, 1.54) is 30.3 Å². The summed E-state index contributed by atoms with van der Waals surface area (Å²) >= 11 is 9.46. The molecule has 8 nitrogen and oxygen atoms in total. The van der Waals surface area contributed by atoms with Crippen LogP contribution in [0.4, 0.5) is 10.5 Å². The Balaban J connectivity index is 1.54. The van der Waals surface area contributed by atoms with Crippen LogP contribution in [-0.2, 0) is 20.9 Å². The topological polar surface area (TPSA) is 102 Å². The molecule has 0 aliphatic carbocycles. The van der Waals surface area contributed by atoms with Crippen LogP contribution in [0.5, 0.6) is 5.75 Å². The van der Waals surface area contributed by atoms with Crippen LogP contribution in [0, 0.1) is 0 Å². The van der Waals surface area contributed by atoms with Gasteiger partial charge in [0.05, 0.1) is 22.3 Å². The number of benzene rings is 3. The van der Waals surface area contributed by atoms with Gasteiger partial charge in [0.2, 0.25) is 0 Å². The van der Waals surface area contributed by atoms with E-state index in [2.05, 4.69) is 21.2 Å². The van der Waals surface area contributed by atoms with Gasteiger partial charge in [0.1, 0.15) is 17.9 Å². The molecule has 0 radical (unpaired) electrons. The third kappa shape index (κ3) is 6.07. The number of halogens is 2. The van der Waals surface area contributed by atoms with Gasteiger partial charge in [-0.15, -0.1) is 0 Å². The van der Waals surface area contributed by atoms with Gasteiger partial charge in [-0.25, -0.2) is 14.5 Å². The number of amides is 4. The molecule has 1 heterocycles. The summed E-state index contributed by atoms with van der Waals surface area (Å²) in [7, 11) is 0. The molecule has 3 aromatic rings. The van der Waals surface area contributed by atoms with Gasteiger partial charge < -0.3 is 9.47 Å². The van der Waals surface area contributed by atoms with Crippen LogP contribution < -0.4 is 15.0 Å². The van der Waals surface area contributed by atoms with Crippen molar-refractivity contribution in [2.45, 2.75) is 13.5 Å². The highest BCUT2D eigenvalue weighted by Crippen LogP contribution is 2.29. The molecular weight excluding hydrogens is 564 g/mol. The zero-order valence-electron chi connectivity index (χ0n) is 19.5. The van der Waals surface area contributed by atoms with Crippen molar-refractivity contribution in [3.63, 3.8) is 0 Å². The van der Waals surface area contributed by atoms with E-state index in [9.17, 15) is 19.2 Å². The zero-order valence-corrected chi connectivity index (χ0v) is 21.8. The minimum Gasteiger partial charge on any atom is -0.488 e. The SMILES string of the molecule is CCOC(=O)c1ccc(N2C(=O)NC(=O)/C(=C\c3ccc(OCc4cccc(Cl)c4)c(Br)c3)C2=O)cc1. The van der Waals surface area contributed by atoms with Gasteiger partial charge in [0.25, 0.3) is 11.8 Å². The average molecular weight is 584 g/mol. The molecule has 0 saturated carbocycles. The Kier molecular flexibility index (Phi) is 8.05. The highest BCUT2D eigenvalue weighted by Gasteiger charge is 2.36. The molecule has 3 aromatic carbocycles. The summed E-state index contributed by atoms with van der Waals surface area (Å²) in [6, 6.07) is 17.2. The van der Waals surface area contributed by atoms with E-state index in [0.717, 1.165) is 10.5 Å². The fourth-order valence-corrected chi connectivity index (χ4v) is 4.26. The van der Waals surface area contributed by atoms with Crippen molar-refractivity contribution in [3.8, 4) is 5.75 Å². The molecule has 1 saturated heterocycles. The van der Waals surface area contributed by atoms with E-state index >= 15 is 0 Å². The Labute approximate surface area is 225 Å². The molecule has 37 heavy (non-hydrogen) atoms. The number of urea groups is 1. The molecule has 1 aliphatic rings. The first-order valence-corrected chi connectivity index (χ1v) is 12.3. The number of nitrogens with zero attached hydrogens (tertiary/aromatic N) is 1. The number of imide groups is 2. The first kappa shape index (κ1) is 26.1. The Morgan fingerprint density at radius 3 is 2.49 bits per heavy atom. The monoisotopic (exact) mass is 582 g/mol. The summed E-state index contributed by atoms with van der Waals surface area (Å²) < 4.78 is 11.4. The van der Waals surface area contributed by atoms with Gasteiger partial charge in [0.15, 0.2) is 0 Å². The van der Waals surface area contributed by atoms with Gasteiger partial charge in [-0.05, 0) is 88.6 Å². The van der Waals surface area contributed by atoms with Crippen LogP contribution in [0.2, 0.25) is 5.02 Å². The number of carbonyl (C=O) groups is 4. The number of rotatable bonds is 7. The first-order chi connectivity index (χ1) is 17.8. The number of anilines is 1. The maximum Gasteiger partial charge on any atom is 0.338 e. The molecule has 1 fully saturated rings. The summed E-state index contributed by atoms with van der Waals surface area (Å²) in [5.41, 5.74) is 1.67. The maximum atomic E-state index is 13.1. The lowest BCUT2D eigenvalue weighted by Gasteiger charge is -2.26. The minimum atomic E-state index is -0.887. The molecule has 1 N–H and O–H groups in total. The molecule has 4 amide bonds. The Bertz CT molecular complexity index is 1420. The molecule has 1 aliphatic heterocycles. The summed E-state index contributed by atoms with van der Waals surface area (Å²) in [5, 5.41) is 2.79. The second-order valence-electron chi connectivity index (χ2n) is 7.83. The molecule has 0 bridgehead atoms. The van der Waals surface area contributed by atoms with E-state index in [-0.39, 0.29) is 23.4 Å². The normalized spacial score (nSPS) is 14.5. The molecule has 0 spiro atoms. The van der Waals surface area contributed by atoms with E-state index in [1.807, 2.05) is 12.1 Å². The van der Waals surface area contributed by atoms with Gasteiger partial charge in [-0.1, -0.05) is 29.8 Å². The summed E-state index contributed by atoms with van der Waals surface area (Å²) in [6.45, 7) is 2.20. The van der Waals surface area contributed by atoms with Crippen LogP contribution in [0.1, 0.15) is 28.4 Å². The highest BCUT2D eigenvalue weighted by molar-refractivity contribution is 9.10. The van der Waals surface area contributed by atoms with Crippen molar-refractivity contribution in [2.75, 3.05) is 11.5 Å². The maximum absolute atomic E-state index is 13.1. The summed E-state index contributed by atoms with van der Waals surface area (Å²) in [4.78, 5) is 50.8. The van der Waals surface area contributed by atoms with E-state index in [0.29, 0.717) is 27.4 Å². The molecular formula is C27H20BrClN2O6. The van der Waals surface area contributed by atoms with Crippen molar-refractivity contribution < 1.29 is 28.7 Å². The standard InChI is InChI=1S/C27H20BrClN2O6/c1-2-36-26(34)18-7-9-20(10-8-18)31-25(33)21(24(32)30-27(31)35)13-16-6-11-23(22(28)14-16)37-15-17-4-3-5-19(29)12-17/h3-14H,2,15H2,1H3,(H,30,32,35)/b21-13+. The number of nitrogens with one attached hydrogen (secondary N) is 1. The van der Waals surface area contributed by atoms with Crippen LogP contribution in [0.15, 0.2) is 76.8 Å². The molecule has 4 rings (SSSR count). The number of esters is 1. The highest BCUT2D eigenvalue weighted by atomic mass is 79.9. The predicted octanol–water partition coefficient (Wildman–Crippen LogP) is 5.52. The van der Waals surface area contributed by atoms with Crippen LogP contribution >= 0.6 is 27.5 Å². The number of hydrogen-bond donors (Lipinski definition) is 1. The van der Waals surface area contributed by atoms with Crippen LogP contribution in [0.25, 0.3) is 6.08 Å². The molecule has 0 unspecified atom stereocenters. The number of ether oxygens (including phenoxy) is 2. The fraction of sp³-hybridized carbons (Fsp3) is 0.111. The fourth-order valence-electron chi connectivity index (χ4n) is 3.53. The zero-order chi connectivity index (χ0) is 26.5. The second kappa shape index (κ2) is 11.4. The van der Waals surface area contributed by atoms with E-state index in [4.69, 9.17) is 21.1 Å². The van der Waals surface area contributed by atoms with Crippen LogP contribution in [0.3, 0.4) is 0 Å². The van der Waals surface area contributed by atoms with Gasteiger partial charge in [-0.2, -0.15) is 0 Å². The number of hydrogen-bond acceptors (Lipinski definition) is 6. The van der Waals surface area contributed by atoms with Crippen molar-refractivity contribution >= 4 is 63.1 Å². The summed E-state index contributed by atoms with van der Waals surface area (Å²) in [6.07, 6.45) is 1.38. The molecule has 0 atom stereocenters. The van der Waals surface area contributed by atoms with E-state index < -0.39 is 23.8 Å². The predicted molar refractivity (Wildman–Crippen MR) is 141 cm³/mol. The third-order valence-electron chi connectivity index (χ3n) is 5.29. The van der Waals surface area contributed by atoms with Crippen molar-refractivity contribution in [1.82, 2.24) is 5.32 Å². The van der Waals surface area contributed by atoms with Crippen molar-refractivity contribution in [2.24, 2.45) is 0 Å². The lowest BCUT2D eigenvalue weighted by atomic mass is 10.1. The number of carbonyl (C=O) groups excluding carboxylic acids is 4. The summed E-state index contributed by atoms with van der Waals surface area (Å²) in [5.74, 6) is -1.58. The Morgan fingerprint density at radius 1 is 1.05 bits per heavy atom. The van der Waals surface area contributed by atoms with Crippen molar-refractivity contribution in [3.05, 3.63) is 98.5 Å². The molecule has 0 aromatic heterocycles. The van der Waals surface area contributed by atoms with Crippen molar-refractivity contribution in [1.29, 1.82) is 0 Å². The quantitative estimate of drug-likeness (QED) is 0.223.